The van der Waals surface area contributed by atoms with E-state index in [-0.39, 0.29) is 18.1 Å². The van der Waals surface area contributed by atoms with Crippen molar-refractivity contribution in [2.24, 2.45) is 0 Å². The van der Waals surface area contributed by atoms with E-state index in [9.17, 15) is 14.3 Å². The van der Waals surface area contributed by atoms with Crippen LogP contribution in [0.4, 0.5) is 4.39 Å². The second-order valence-electron chi connectivity index (χ2n) is 5.15. The van der Waals surface area contributed by atoms with Crippen LogP contribution < -0.4 is 5.56 Å². The number of hydrogen-bond donors (Lipinski definition) is 1. The van der Waals surface area contributed by atoms with Gasteiger partial charge in [0.1, 0.15) is 5.82 Å². The molecule has 0 aliphatic heterocycles. The van der Waals surface area contributed by atoms with Crippen LogP contribution in [0, 0.1) is 5.82 Å². The van der Waals surface area contributed by atoms with E-state index < -0.39 is 5.56 Å². The molecule has 0 unspecified atom stereocenters. The van der Waals surface area contributed by atoms with Gasteiger partial charge in [-0.05, 0) is 35.4 Å². The molecule has 0 radical (unpaired) electrons. The summed E-state index contributed by atoms with van der Waals surface area (Å²) in [5.41, 5.74) is 1.36. The molecule has 0 amide bonds. The minimum atomic E-state index is -0.523. The maximum absolute atomic E-state index is 13.4. The van der Waals surface area contributed by atoms with Gasteiger partial charge < -0.3 is 9.67 Å². The first-order valence-electron chi connectivity index (χ1n) is 6.97. The molecule has 0 fully saturated rings. The molecule has 3 rings (SSSR count). The molecule has 0 aliphatic rings. The highest BCUT2D eigenvalue weighted by molar-refractivity contribution is 6.31. The summed E-state index contributed by atoms with van der Waals surface area (Å²) < 4.78 is 14.7. The quantitative estimate of drug-likeness (QED) is 0.787. The van der Waals surface area contributed by atoms with Crippen LogP contribution in [-0.4, -0.2) is 9.67 Å². The van der Waals surface area contributed by atoms with Crippen LogP contribution in [0.5, 0.6) is 5.75 Å². The van der Waals surface area contributed by atoms with Gasteiger partial charge in [-0.1, -0.05) is 41.9 Å². The Morgan fingerprint density at radius 3 is 2.57 bits per heavy atom. The molecule has 0 aliphatic carbocycles. The Morgan fingerprint density at radius 2 is 1.83 bits per heavy atom. The lowest BCUT2D eigenvalue weighted by Gasteiger charge is -2.11. The lowest BCUT2D eigenvalue weighted by Crippen LogP contribution is -2.20. The molecule has 23 heavy (non-hydrogen) atoms. The molecule has 1 aromatic heterocycles. The van der Waals surface area contributed by atoms with E-state index in [1.165, 1.54) is 22.8 Å². The fourth-order valence-corrected chi connectivity index (χ4v) is 2.57. The predicted molar refractivity (Wildman–Crippen MR) is 88.3 cm³/mol. The Kier molecular flexibility index (Phi) is 4.17. The van der Waals surface area contributed by atoms with E-state index in [0.717, 1.165) is 5.56 Å². The van der Waals surface area contributed by atoms with Crippen molar-refractivity contribution in [1.29, 1.82) is 0 Å². The number of aromatic nitrogens is 1. The third-order valence-corrected chi connectivity index (χ3v) is 3.89. The molecule has 0 spiro atoms. The molecule has 116 valence electrons. The third kappa shape index (κ3) is 3.27. The minimum Gasteiger partial charge on any atom is -0.503 e. The van der Waals surface area contributed by atoms with Crippen LogP contribution in [0.2, 0.25) is 5.02 Å². The molecule has 0 saturated carbocycles. The molecule has 0 saturated heterocycles. The molecule has 1 N–H and O–H groups in total. The number of rotatable bonds is 3. The van der Waals surface area contributed by atoms with E-state index in [2.05, 4.69) is 0 Å². The predicted octanol–water partition coefficient (Wildman–Crippen LogP) is 4.06. The summed E-state index contributed by atoms with van der Waals surface area (Å²) in [6, 6.07) is 14.5. The molecule has 3 aromatic rings. The van der Waals surface area contributed by atoms with Crippen molar-refractivity contribution in [1.82, 2.24) is 4.57 Å². The molecule has 0 atom stereocenters. The zero-order chi connectivity index (χ0) is 16.4. The monoisotopic (exact) mass is 329 g/mol. The molecule has 2 aromatic carbocycles. The van der Waals surface area contributed by atoms with Crippen molar-refractivity contribution in [3.8, 4) is 16.9 Å². The summed E-state index contributed by atoms with van der Waals surface area (Å²) in [6.07, 6.45) is 1.58. The molecule has 1 heterocycles. The van der Waals surface area contributed by atoms with Crippen molar-refractivity contribution >= 4 is 11.6 Å². The lowest BCUT2D eigenvalue weighted by molar-refractivity contribution is 0.459. The number of halogens is 2. The molecule has 3 nitrogen and oxygen atoms in total. The average Bonchev–Trinajstić information content (AvgIpc) is 2.53. The van der Waals surface area contributed by atoms with Crippen LogP contribution in [0.3, 0.4) is 0 Å². The van der Waals surface area contributed by atoms with Crippen molar-refractivity contribution in [2.45, 2.75) is 6.54 Å². The Labute approximate surface area is 137 Å². The second-order valence-corrected chi connectivity index (χ2v) is 5.56. The molecule has 5 heteroatoms. The van der Waals surface area contributed by atoms with Gasteiger partial charge in [0.15, 0.2) is 5.75 Å². The fourth-order valence-electron chi connectivity index (χ4n) is 2.37. The Bertz CT molecular complexity index is 921. The average molecular weight is 330 g/mol. The zero-order valence-corrected chi connectivity index (χ0v) is 12.8. The van der Waals surface area contributed by atoms with Gasteiger partial charge in [-0.25, -0.2) is 4.39 Å². The number of pyridine rings is 1. The first kappa shape index (κ1) is 15.3. The number of nitrogens with zero attached hydrogens (tertiary/aromatic N) is 1. The van der Waals surface area contributed by atoms with Crippen LogP contribution in [0.1, 0.15) is 5.56 Å². The topological polar surface area (TPSA) is 42.2 Å². The van der Waals surface area contributed by atoms with Crippen molar-refractivity contribution in [3.63, 3.8) is 0 Å². The largest absolute Gasteiger partial charge is 0.503 e. The number of benzene rings is 2. The van der Waals surface area contributed by atoms with E-state index in [4.69, 9.17) is 11.6 Å². The Morgan fingerprint density at radius 1 is 1.04 bits per heavy atom. The standard InChI is InChI=1S/C18H13ClFNO2/c19-16-7-2-1-4-13(16)10-21-11-14(9-17(22)18(21)23)12-5-3-6-15(20)8-12/h1-9,11,22H,10H2. The highest BCUT2D eigenvalue weighted by atomic mass is 35.5. The minimum absolute atomic E-state index is 0.217. The number of aromatic hydroxyl groups is 1. The summed E-state index contributed by atoms with van der Waals surface area (Å²) in [5, 5.41) is 10.4. The van der Waals surface area contributed by atoms with Crippen molar-refractivity contribution < 1.29 is 9.50 Å². The van der Waals surface area contributed by atoms with Gasteiger partial charge >= 0.3 is 0 Å². The van der Waals surface area contributed by atoms with E-state index >= 15 is 0 Å². The van der Waals surface area contributed by atoms with Crippen LogP contribution in [-0.2, 0) is 6.54 Å². The van der Waals surface area contributed by atoms with Gasteiger partial charge in [-0.3, -0.25) is 4.79 Å². The van der Waals surface area contributed by atoms with E-state index in [0.29, 0.717) is 16.1 Å². The molecular weight excluding hydrogens is 317 g/mol. The smallest absolute Gasteiger partial charge is 0.292 e. The Balaban J connectivity index is 2.07. The summed E-state index contributed by atoms with van der Waals surface area (Å²) in [4.78, 5) is 12.1. The van der Waals surface area contributed by atoms with Gasteiger partial charge in [0.05, 0.1) is 6.54 Å². The zero-order valence-electron chi connectivity index (χ0n) is 12.0. The normalized spacial score (nSPS) is 10.7. The van der Waals surface area contributed by atoms with Gasteiger partial charge in [0, 0.05) is 16.8 Å². The Hall–Kier alpha value is -2.59. The summed E-state index contributed by atoms with van der Waals surface area (Å²) in [5.74, 6) is -0.773. The summed E-state index contributed by atoms with van der Waals surface area (Å²) >= 11 is 6.12. The first-order valence-corrected chi connectivity index (χ1v) is 7.35. The summed E-state index contributed by atoms with van der Waals surface area (Å²) in [6.45, 7) is 0.217. The van der Waals surface area contributed by atoms with Gasteiger partial charge in [0.25, 0.3) is 5.56 Å². The maximum Gasteiger partial charge on any atom is 0.292 e. The molecular formula is C18H13ClFNO2. The summed E-state index contributed by atoms with van der Waals surface area (Å²) in [7, 11) is 0. The second kappa shape index (κ2) is 6.26. The van der Waals surface area contributed by atoms with Crippen LogP contribution >= 0.6 is 11.6 Å². The maximum atomic E-state index is 13.4. The van der Waals surface area contributed by atoms with Crippen LogP contribution in [0.25, 0.3) is 11.1 Å². The van der Waals surface area contributed by atoms with Gasteiger partial charge in [-0.15, -0.1) is 0 Å². The number of hydrogen-bond acceptors (Lipinski definition) is 2. The van der Waals surface area contributed by atoms with Gasteiger partial charge in [-0.2, -0.15) is 0 Å². The molecule has 0 bridgehead atoms. The first-order chi connectivity index (χ1) is 11.0. The SMILES string of the molecule is O=c1c(O)cc(-c2cccc(F)c2)cn1Cc1ccccc1Cl. The van der Waals surface area contributed by atoms with Gasteiger partial charge in [0.2, 0.25) is 0 Å². The fraction of sp³-hybridized carbons (Fsp3) is 0.0556. The van der Waals surface area contributed by atoms with E-state index in [1.807, 2.05) is 6.07 Å². The highest BCUT2D eigenvalue weighted by Crippen LogP contribution is 2.23. The highest BCUT2D eigenvalue weighted by Gasteiger charge is 2.09. The van der Waals surface area contributed by atoms with E-state index in [1.54, 1.807) is 36.5 Å². The van der Waals surface area contributed by atoms with Crippen molar-refractivity contribution in [3.05, 3.63) is 87.6 Å². The third-order valence-electron chi connectivity index (χ3n) is 3.52. The lowest BCUT2D eigenvalue weighted by atomic mass is 10.1. The van der Waals surface area contributed by atoms with Crippen LogP contribution in [0.15, 0.2) is 65.6 Å². The van der Waals surface area contributed by atoms with Crippen molar-refractivity contribution in [2.75, 3.05) is 0 Å².